The fourth-order valence-corrected chi connectivity index (χ4v) is 6.83. The number of nitrogens with two attached hydrogens (primary N) is 1. The monoisotopic (exact) mass is 682 g/mol. The first-order valence-corrected chi connectivity index (χ1v) is 17.6. The van der Waals surface area contributed by atoms with Gasteiger partial charge in [-0.2, -0.15) is 5.10 Å². The quantitative estimate of drug-likeness (QED) is 0.163. The maximum absolute atomic E-state index is 6.65. The fraction of sp³-hybridized carbons (Fsp3) is 0.0213. The number of hydrazone groups is 1. The topological polar surface area (TPSA) is 89.1 Å². The molecule has 0 radical (unpaired) electrons. The predicted octanol–water partition coefficient (Wildman–Crippen LogP) is 10.5. The molecule has 0 aliphatic heterocycles. The number of nitrogens with one attached hydrogen (secondary N) is 1. The zero-order chi connectivity index (χ0) is 35.6. The molecule has 1 unspecified atom stereocenters. The van der Waals surface area contributed by atoms with E-state index < -0.39 is 0 Å². The lowest BCUT2D eigenvalue weighted by molar-refractivity contribution is 1.06. The zero-order valence-electron chi connectivity index (χ0n) is 28.8. The van der Waals surface area contributed by atoms with Gasteiger partial charge in [-0.15, -0.1) is 0 Å². The Bertz CT molecular complexity index is 2560. The summed E-state index contributed by atoms with van der Waals surface area (Å²) in [5, 5.41) is 5.86. The highest BCUT2D eigenvalue weighted by molar-refractivity contribution is 6.19. The van der Waals surface area contributed by atoms with Gasteiger partial charge in [-0.05, 0) is 35.4 Å². The number of para-hydroxylation sites is 2. The van der Waals surface area contributed by atoms with E-state index in [0.717, 1.165) is 83.9 Å². The summed E-state index contributed by atoms with van der Waals surface area (Å²) in [5.41, 5.74) is 23.4. The van der Waals surface area contributed by atoms with Gasteiger partial charge < -0.3 is 5.73 Å². The van der Waals surface area contributed by atoms with Crippen molar-refractivity contribution >= 4 is 28.4 Å². The number of aromatic nitrogens is 3. The maximum Gasteiger partial charge on any atom is 0.160 e. The van der Waals surface area contributed by atoms with Crippen LogP contribution >= 0.6 is 0 Å². The van der Waals surface area contributed by atoms with Gasteiger partial charge in [-0.1, -0.05) is 158 Å². The van der Waals surface area contributed by atoms with E-state index in [1.165, 1.54) is 0 Å². The van der Waals surface area contributed by atoms with Crippen LogP contribution in [0.25, 0.3) is 73.3 Å². The first-order chi connectivity index (χ1) is 26.2. The van der Waals surface area contributed by atoms with Gasteiger partial charge in [0.25, 0.3) is 0 Å². The lowest BCUT2D eigenvalue weighted by Crippen LogP contribution is -2.33. The van der Waals surface area contributed by atoms with Crippen LogP contribution in [-0.4, -0.2) is 26.7 Å². The van der Waals surface area contributed by atoms with E-state index in [4.69, 9.17) is 25.8 Å². The van der Waals surface area contributed by atoms with Crippen molar-refractivity contribution in [2.75, 3.05) is 5.43 Å². The third-order valence-corrected chi connectivity index (χ3v) is 9.55. The standard InChI is InChI=1S/C47H34N6/c48-40-29-28-39-44(46(40)53-52-37-16-8-3-9-17-37)38-18-10-11-19-41(38)49-45(39)35-26-22-32(23-27-35)31-20-24-34(25-21-31)43-30-42(33-12-4-1-5-13-33)50-47(51-43)36-14-6-2-7-15-36/h1-30,40,52H,48H2/b53-46+. The van der Waals surface area contributed by atoms with E-state index in [0.29, 0.717) is 5.82 Å². The minimum Gasteiger partial charge on any atom is -0.319 e. The molecule has 3 N–H and O–H groups in total. The fourth-order valence-electron chi connectivity index (χ4n) is 6.83. The number of fused-ring (bicyclic) bond motifs is 3. The molecule has 0 fully saturated rings. The van der Waals surface area contributed by atoms with E-state index >= 15 is 0 Å². The highest BCUT2D eigenvalue weighted by Crippen LogP contribution is 2.36. The van der Waals surface area contributed by atoms with E-state index in [1.54, 1.807) is 0 Å². The zero-order valence-corrected chi connectivity index (χ0v) is 28.8. The Balaban J connectivity index is 1.05. The van der Waals surface area contributed by atoms with E-state index in [1.807, 2.05) is 103 Å². The molecule has 0 saturated heterocycles. The van der Waals surface area contributed by atoms with Crippen LogP contribution in [0.3, 0.4) is 0 Å². The number of benzene rings is 6. The Morgan fingerprint density at radius 3 is 1.70 bits per heavy atom. The van der Waals surface area contributed by atoms with Gasteiger partial charge in [0, 0.05) is 38.8 Å². The predicted molar refractivity (Wildman–Crippen MR) is 218 cm³/mol. The minimum atomic E-state index is -0.361. The Kier molecular flexibility index (Phi) is 8.40. The molecular weight excluding hydrogens is 649 g/mol. The van der Waals surface area contributed by atoms with Crippen LogP contribution in [0.15, 0.2) is 181 Å². The molecule has 2 heterocycles. The minimum absolute atomic E-state index is 0.361. The third-order valence-electron chi connectivity index (χ3n) is 9.55. The summed E-state index contributed by atoms with van der Waals surface area (Å²) in [6.45, 7) is 0. The largest absolute Gasteiger partial charge is 0.319 e. The van der Waals surface area contributed by atoms with Gasteiger partial charge in [-0.25, -0.2) is 15.0 Å². The molecular formula is C47H34N6. The van der Waals surface area contributed by atoms with Crippen LogP contribution in [0, 0.1) is 0 Å². The first-order valence-electron chi connectivity index (χ1n) is 17.6. The summed E-state index contributed by atoms with van der Waals surface area (Å²) in [5.74, 6) is 0.703. The second-order valence-corrected chi connectivity index (χ2v) is 13.0. The SMILES string of the molecule is NC1C=Cc2c(-c3ccc(-c4ccc(-c5cc(-c6ccccc6)nc(-c6ccccc6)n5)cc4)cc3)nc3ccccc3c2/C1=N/Nc1ccccc1. The van der Waals surface area contributed by atoms with Crippen molar-refractivity contribution in [3.05, 3.63) is 187 Å². The van der Waals surface area contributed by atoms with E-state index in [2.05, 4.69) is 84.3 Å². The summed E-state index contributed by atoms with van der Waals surface area (Å²) in [6, 6.07) is 57.4. The number of anilines is 1. The summed E-state index contributed by atoms with van der Waals surface area (Å²) in [4.78, 5) is 15.1. The van der Waals surface area contributed by atoms with Gasteiger partial charge in [-0.3, -0.25) is 5.43 Å². The molecule has 0 bridgehead atoms. The van der Waals surface area contributed by atoms with Gasteiger partial charge in [0.2, 0.25) is 0 Å². The molecule has 0 spiro atoms. The molecule has 1 aliphatic carbocycles. The second-order valence-electron chi connectivity index (χ2n) is 13.0. The first kappa shape index (κ1) is 31.9. The molecule has 1 atom stereocenters. The molecule has 252 valence electrons. The van der Waals surface area contributed by atoms with Crippen molar-refractivity contribution in [2.45, 2.75) is 6.04 Å². The number of hydrogen-bond acceptors (Lipinski definition) is 6. The average molecular weight is 683 g/mol. The molecule has 8 aromatic rings. The number of nitrogens with zero attached hydrogens (tertiary/aromatic N) is 4. The smallest absolute Gasteiger partial charge is 0.160 e. The normalized spacial score (nSPS) is 14.3. The van der Waals surface area contributed by atoms with Crippen LogP contribution in [0.2, 0.25) is 0 Å². The van der Waals surface area contributed by atoms with E-state index in [9.17, 15) is 0 Å². The summed E-state index contributed by atoms with van der Waals surface area (Å²) in [7, 11) is 0. The molecule has 0 amide bonds. The molecule has 53 heavy (non-hydrogen) atoms. The van der Waals surface area contributed by atoms with Crippen LogP contribution in [0.4, 0.5) is 5.69 Å². The van der Waals surface area contributed by atoms with Crippen molar-refractivity contribution < 1.29 is 0 Å². The van der Waals surface area contributed by atoms with Crippen LogP contribution in [0.5, 0.6) is 0 Å². The highest BCUT2D eigenvalue weighted by atomic mass is 15.3. The summed E-state index contributed by atoms with van der Waals surface area (Å²) in [6.07, 6.45) is 4.08. The van der Waals surface area contributed by atoms with E-state index in [-0.39, 0.29) is 6.04 Å². The Morgan fingerprint density at radius 2 is 1.04 bits per heavy atom. The second kappa shape index (κ2) is 13.9. The summed E-state index contributed by atoms with van der Waals surface area (Å²) >= 11 is 0. The Labute approximate surface area is 308 Å². The van der Waals surface area contributed by atoms with Crippen molar-refractivity contribution in [1.82, 2.24) is 15.0 Å². The average Bonchev–Trinajstić information content (AvgIpc) is 3.24. The molecule has 6 heteroatoms. The number of pyridine rings is 1. The molecule has 1 aliphatic rings. The van der Waals surface area contributed by atoms with Crippen molar-refractivity contribution in [1.29, 1.82) is 0 Å². The molecule has 9 rings (SSSR count). The van der Waals surface area contributed by atoms with Crippen LogP contribution in [0.1, 0.15) is 11.1 Å². The molecule has 2 aromatic heterocycles. The van der Waals surface area contributed by atoms with Crippen LogP contribution < -0.4 is 11.2 Å². The van der Waals surface area contributed by atoms with Crippen molar-refractivity contribution in [3.63, 3.8) is 0 Å². The lowest BCUT2D eigenvalue weighted by Gasteiger charge is -2.23. The van der Waals surface area contributed by atoms with Gasteiger partial charge in [0.1, 0.15) is 0 Å². The Morgan fingerprint density at radius 1 is 0.509 bits per heavy atom. The van der Waals surface area contributed by atoms with Gasteiger partial charge in [0.15, 0.2) is 5.82 Å². The van der Waals surface area contributed by atoms with Crippen molar-refractivity contribution in [3.8, 4) is 56.3 Å². The molecule has 0 saturated carbocycles. The summed E-state index contributed by atoms with van der Waals surface area (Å²) < 4.78 is 0. The van der Waals surface area contributed by atoms with Gasteiger partial charge >= 0.3 is 0 Å². The number of rotatable bonds is 7. The molecule has 6 aromatic carbocycles. The number of hydrogen-bond donors (Lipinski definition) is 2. The van der Waals surface area contributed by atoms with Crippen LogP contribution in [-0.2, 0) is 0 Å². The molecule has 6 nitrogen and oxygen atoms in total. The third kappa shape index (κ3) is 6.40. The maximum atomic E-state index is 6.65. The lowest BCUT2D eigenvalue weighted by atomic mass is 9.87. The van der Waals surface area contributed by atoms with Gasteiger partial charge in [0.05, 0.1) is 40.0 Å². The Hall–Kier alpha value is -7.02. The van der Waals surface area contributed by atoms with Crippen molar-refractivity contribution in [2.24, 2.45) is 10.8 Å². The highest BCUT2D eigenvalue weighted by Gasteiger charge is 2.25.